The van der Waals surface area contributed by atoms with Crippen LogP contribution < -0.4 is 5.32 Å². The number of benzene rings is 1. The summed E-state index contributed by atoms with van der Waals surface area (Å²) in [6.45, 7) is 12.6. The molecule has 0 spiro atoms. The zero-order valence-electron chi connectivity index (χ0n) is 17.0. The van der Waals surface area contributed by atoms with Crippen LogP contribution >= 0.6 is 0 Å². The second-order valence-electron chi connectivity index (χ2n) is 7.53. The van der Waals surface area contributed by atoms with Gasteiger partial charge in [0.1, 0.15) is 0 Å². The molecule has 0 radical (unpaired) electrons. The van der Waals surface area contributed by atoms with Crippen molar-refractivity contribution >= 4 is 11.9 Å². The lowest BCUT2D eigenvalue weighted by molar-refractivity contribution is -0.142. The van der Waals surface area contributed by atoms with Gasteiger partial charge < -0.3 is 10.4 Å². The minimum Gasteiger partial charge on any atom is -0.479 e. The average molecular weight is 371 g/mol. The molecule has 1 atom stereocenters. The monoisotopic (exact) mass is 371 g/mol. The quantitative estimate of drug-likeness (QED) is 0.782. The largest absolute Gasteiger partial charge is 0.479 e. The summed E-state index contributed by atoms with van der Waals surface area (Å²) in [4.78, 5) is 24.4. The molecule has 1 aromatic carbocycles. The minimum atomic E-state index is -1.07. The van der Waals surface area contributed by atoms with Crippen molar-refractivity contribution in [1.82, 2.24) is 15.1 Å². The highest BCUT2D eigenvalue weighted by atomic mass is 16.4. The van der Waals surface area contributed by atoms with Gasteiger partial charge in [0, 0.05) is 17.8 Å². The molecule has 6 nitrogen and oxygen atoms in total. The van der Waals surface area contributed by atoms with Crippen LogP contribution in [0.4, 0.5) is 0 Å². The first kappa shape index (κ1) is 20.7. The third-order valence-electron chi connectivity index (χ3n) is 4.92. The van der Waals surface area contributed by atoms with Crippen molar-refractivity contribution in [3.8, 4) is 0 Å². The highest BCUT2D eigenvalue weighted by Gasteiger charge is 2.25. The van der Waals surface area contributed by atoms with Gasteiger partial charge in [0.05, 0.1) is 12.1 Å². The fourth-order valence-corrected chi connectivity index (χ4v) is 3.25. The van der Waals surface area contributed by atoms with Crippen LogP contribution in [-0.4, -0.2) is 26.8 Å². The third-order valence-corrected chi connectivity index (χ3v) is 4.92. The van der Waals surface area contributed by atoms with E-state index in [4.69, 9.17) is 0 Å². The molecular formula is C21H29N3O3. The van der Waals surface area contributed by atoms with Gasteiger partial charge in [-0.15, -0.1) is 0 Å². The zero-order chi connectivity index (χ0) is 20.3. The van der Waals surface area contributed by atoms with E-state index in [1.807, 2.05) is 44.5 Å². The van der Waals surface area contributed by atoms with Crippen molar-refractivity contribution in [2.45, 2.75) is 60.5 Å². The van der Waals surface area contributed by atoms with Crippen LogP contribution in [0.15, 0.2) is 18.2 Å². The number of rotatable bonds is 7. The van der Waals surface area contributed by atoms with Crippen LogP contribution in [0.1, 0.15) is 53.5 Å². The van der Waals surface area contributed by atoms with Gasteiger partial charge in [0.2, 0.25) is 5.91 Å². The fourth-order valence-electron chi connectivity index (χ4n) is 3.25. The van der Waals surface area contributed by atoms with Crippen molar-refractivity contribution < 1.29 is 14.7 Å². The first-order valence-corrected chi connectivity index (χ1v) is 9.23. The summed E-state index contributed by atoms with van der Waals surface area (Å²) < 4.78 is 1.92. The summed E-state index contributed by atoms with van der Waals surface area (Å²) in [5.41, 5.74) is 5.10. The van der Waals surface area contributed by atoms with Gasteiger partial charge in [-0.2, -0.15) is 5.10 Å². The summed E-state index contributed by atoms with van der Waals surface area (Å²) >= 11 is 0. The normalized spacial score (nSPS) is 12.3. The van der Waals surface area contributed by atoms with E-state index in [-0.39, 0.29) is 12.3 Å². The topological polar surface area (TPSA) is 84.2 Å². The average Bonchev–Trinajstić information content (AvgIpc) is 2.82. The molecule has 0 aliphatic heterocycles. The number of aliphatic carboxylic acids is 1. The fraction of sp³-hybridized carbons (Fsp3) is 0.476. The predicted molar refractivity (Wildman–Crippen MR) is 105 cm³/mol. The molecule has 27 heavy (non-hydrogen) atoms. The molecule has 1 aromatic heterocycles. The van der Waals surface area contributed by atoms with Crippen molar-refractivity contribution in [3.05, 3.63) is 51.8 Å². The number of aryl methyl sites for hydroxylation is 2. The summed E-state index contributed by atoms with van der Waals surface area (Å²) in [7, 11) is 0. The SMILES string of the molecule is Cc1cccc(C(NC(=O)Cc2c(C)nn(CC(C)C)c2C)C(=O)O)c1C. The maximum atomic E-state index is 12.6. The molecule has 0 saturated carbocycles. The van der Waals surface area contributed by atoms with Crippen molar-refractivity contribution in [3.63, 3.8) is 0 Å². The van der Waals surface area contributed by atoms with E-state index < -0.39 is 12.0 Å². The molecule has 2 N–H and O–H groups in total. The summed E-state index contributed by atoms with van der Waals surface area (Å²) in [6.07, 6.45) is 0.115. The van der Waals surface area contributed by atoms with E-state index in [1.165, 1.54) is 0 Å². The van der Waals surface area contributed by atoms with Crippen LogP contribution in [0, 0.1) is 33.6 Å². The van der Waals surface area contributed by atoms with Crippen molar-refractivity contribution in [1.29, 1.82) is 0 Å². The Morgan fingerprint density at radius 2 is 1.85 bits per heavy atom. The van der Waals surface area contributed by atoms with Crippen molar-refractivity contribution in [2.24, 2.45) is 5.92 Å². The zero-order valence-corrected chi connectivity index (χ0v) is 17.0. The molecular weight excluding hydrogens is 342 g/mol. The Morgan fingerprint density at radius 3 is 2.44 bits per heavy atom. The summed E-state index contributed by atoms with van der Waals surface area (Å²) in [6, 6.07) is 4.42. The van der Waals surface area contributed by atoms with Gasteiger partial charge in [-0.1, -0.05) is 32.0 Å². The predicted octanol–water partition coefficient (Wildman–Crippen LogP) is 3.26. The number of aromatic nitrogens is 2. The number of carboxylic acids is 1. The maximum Gasteiger partial charge on any atom is 0.330 e. The highest BCUT2D eigenvalue weighted by Crippen LogP contribution is 2.22. The number of carbonyl (C=O) groups excluding carboxylic acids is 1. The molecule has 2 rings (SSSR count). The van der Waals surface area contributed by atoms with Gasteiger partial charge in [0.25, 0.3) is 0 Å². The Labute approximate surface area is 160 Å². The number of nitrogens with zero attached hydrogens (tertiary/aromatic N) is 2. The van der Waals surface area contributed by atoms with E-state index in [0.717, 1.165) is 34.6 Å². The van der Waals surface area contributed by atoms with E-state index >= 15 is 0 Å². The molecule has 1 amide bonds. The van der Waals surface area contributed by atoms with Gasteiger partial charge >= 0.3 is 5.97 Å². The lowest BCUT2D eigenvalue weighted by Gasteiger charge is -2.18. The molecule has 0 fully saturated rings. The van der Waals surface area contributed by atoms with Gasteiger partial charge in [-0.25, -0.2) is 4.79 Å². The van der Waals surface area contributed by atoms with Crippen LogP contribution in [0.3, 0.4) is 0 Å². The van der Waals surface area contributed by atoms with Gasteiger partial charge in [-0.05, 0) is 50.3 Å². The molecule has 2 aromatic rings. The van der Waals surface area contributed by atoms with Crippen LogP contribution in [0.2, 0.25) is 0 Å². The summed E-state index contributed by atoms with van der Waals surface area (Å²) in [5.74, 6) is -0.940. The van der Waals surface area contributed by atoms with E-state index in [2.05, 4.69) is 24.3 Å². The van der Waals surface area contributed by atoms with Crippen LogP contribution in [0.5, 0.6) is 0 Å². The first-order chi connectivity index (χ1) is 12.6. The Kier molecular flexibility index (Phi) is 6.41. The Hall–Kier alpha value is -2.63. The van der Waals surface area contributed by atoms with Crippen LogP contribution in [-0.2, 0) is 22.6 Å². The maximum absolute atomic E-state index is 12.6. The second kappa shape index (κ2) is 8.37. The first-order valence-electron chi connectivity index (χ1n) is 9.23. The molecule has 0 aliphatic carbocycles. The number of carbonyl (C=O) groups is 2. The Morgan fingerprint density at radius 1 is 1.19 bits per heavy atom. The molecule has 1 heterocycles. The van der Waals surface area contributed by atoms with E-state index in [0.29, 0.717) is 11.5 Å². The van der Waals surface area contributed by atoms with Gasteiger partial charge in [0.15, 0.2) is 6.04 Å². The Bertz CT molecular complexity index is 853. The molecule has 1 unspecified atom stereocenters. The molecule has 6 heteroatoms. The summed E-state index contributed by atoms with van der Waals surface area (Å²) in [5, 5.41) is 16.8. The standard InChI is InChI=1S/C21H29N3O3/c1-12(2)11-24-16(6)18(15(5)23-24)10-19(25)22-20(21(26)27)17-9-7-8-13(3)14(17)4/h7-9,12,20H,10-11H2,1-6H3,(H,22,25)(H,26,27). The molecule has 0 saturated heterocycles. The lowest BCUT2D eigenvalue weighted by Crippen LogP contribution is -2.35. The molecule has 146 valence electrons. The highest BCUT2D eigenvalue weighted by molar-refractivity contribution is 5.86. The smallest absolute Gasteiger partial charge is 0.330 e. The van der Waals surface area contributed by atoms with Gasteiger partial charge in [-0.3, -0.25) is 9.48 Å². The number of amides is 1. The Balaban J connectivity index is 2.22. The van der Waals surface area contributed by atoms with E-state index in [1.54, 1.807) is 6.07 Å². The van der Waals surface area contributed by atoms with Crippen LogP contribution in [0.25, 0.3) is 0 Å². The minimum absolute atomic E-state index is 0.115. The second-order valence-corrected chi connectivity index (χ2v) is 7.53. The number of hydrogen-bond acceptors (Lipinski definition) is 3. The number of carboxylic acid groups (broad SMARTS) is 1. The van der Waals surface area contributed by atoms with Crippen molar-refractivity contribution in [2.75, 3.05) is 0 Å². The molecule has 0 aliphatic rings. The molecule has 0 bridgehead atoms. The number of nitrogens with one attached hydrogen (secondary N) is 1. The lowest BCUT2D eigenvalue weighted by atomic mass is 9.97. The number of hydrogen-bond donors (Lipinski definition) is 2. The third kappa shape index (κ3) is 4.76. The van der Waals surface area contributed by atoms with E-state index in [9.17, 15) is 14.7 Å².